The van der Waals surface area contributed by atoms with Gasteiger partial charge in [-0.2, -0.15) is 0 Å². The van der Waals surface area contributed by atoms with Gasteiger partial charge in [0.1, 0.15) is 0 Å². The van der Waals surface area contributed by atoms with E-state index in [1.165, 1.54) is 4.90 Å². The minimum Gasteiger partial charge on any atom is -0.356 e. The highest BCUT2D eigenvalue weighted by Crippen LogP contribution is 2.52. The zero-order chi connectivity index (χ0) is 18.8. The molecule has 0 spiro atoms. The molecule has 3 rings (SSSR count). The number of amides is 3. The van der Waals surface area contributed by atoms with Crippen LogP contribution < -0.4 is 10.6 Å². The third-order valence-corrected chi connectivity index (χ3v) is 5.54. The Hall–Kier alpha value is -2.38. The van der Waals surface area contributed by atoms with Gasteiger partial charge >= 0.3 is 0 Å². The summed E-state index contributed by atoms with van der Waals surface area (Å²) < 4.78 is 0. The van der Waals surface area contributed by atoms with Crippen molar-refractivity contribution in [1.82, 2.24) is 20.4 Å². The number of rotatable bonds is 6. The van der Waals surface area contributed by atoms with Gasteiger partial charge in [-0.25, -0.2) is 0 Å². The molecule has 4 atom stereocenters. The van der Waals surface area contributed by atoms with E-state index < -0.39 is 0 Å². The lowest BCUT2D eigenvalue weighted by molar-refractivity contribution is -0.140. The number of guanidine groups is 1. The molecule has 1 saturated heterocycles. The summed E-state index contributed by atoms with van der Waals surface area (Å²) in [7, 11) is 5.08. The zero-order valence-corrected chi connectivity index (χ0v) is 15.6. The second-order valence-electron chi connectivity index (χ2n) is 7.29. The van der Waals surface area contributed by atoms with Gasteiger partial charge in [0.15, 0.2) is 5.96 Å². The molecule has 3 aliphatic rings. The van der Waals surface area contributed by atoms with E-state index >= 15 is 0 Å². The van der Waals surface area contributed by atoms with Gasteiger partial charge in [-0.3, -0.25) is 24.3 Å². The van der Waals surface area contributed by atoms with E-state index in [-0.39, 0.29) is 41.4 Å². The van der Waals surface area contributed by atoms with Crippen LogP contribution in [0.15, 0.2) is 17.1 Å². The van der Waals surface area contributed by atoms with Gasteiger partial charge in [-0.05, 0) is 18.3 Å². The van der Waals surface area contributed by atoms with Crippen LogP contribution in [0.25, 0.3) is 0 Å². The minimum atomic E-state index is -0.146. The highest BCUT2D eigenvalue weighted by atomic mass is 16.2. The maximum absolute atomic E-state index is 12.6. The third-order valence-electron chi connectivity index (χ3n) is 5.54. The predicted octanol–water partition coefficient (Wildman–Crippen LogP) is -0.563. The zero-order valence-electron chi connectivity index (χ0n) is 15.6. The molecule has 1 aliphatic heterocycles. The topological polar surface area (TPSA) is 94.1 Å². The van der Waals surface area contributed by atoms with Crippen LogP contribution in [-0.2, 0) is 14.4 Å². The van der Waals surface area contributed by atoms with Crippen LogP contribution >= 0.6 is 0 Å². The normalized spacial score (nSPS) is 29.3. The number of fused-ring (bicyclic) bond motifs is 5. The van der Waals surface area contributed by atoms with Gasteiger partial charge in [-0.15, -0.1) is 0 Å². The largest absolute Gasteiger partial charge is 0.356 e. The molecular weight excluding hydrogens is 334 g/mol. The third kappa shape index (κ3) is 3.32. The van der Waals surface area contributed by atoms with Gasteiger partial charge in [0.05, 0.1) is 11.8 Å². The molecule has 2 N–H and O–H groups in total. The molecule has 142 valence electrons. The Morgan fingerprint density at radius 1 is 1.15 bits per heavy atom. The average Bonchev–Trinajstić information content (AvgIpc) is 3.29. The van der Waals surface area contributed by atoms with Crippen molar-refractivity contribution in [2.45, 2.75) is 12.8 Å². The van der Waals surface area contributed by atoms with Crippen molar-refractivity contribution < 1.29 is 14.4 Å². The van der Waals surface area contributed by atoms with Crippen LogP contribution in [0, 0.1) is 23.7 Å². The molecule has 2 aliphatic carbocycles. The predicted molar refractivity (Wildman–Crippen MR) is 97.1 cm³/mol. The number of likely N-dealkylation sites (tertiary alicyclic amines) is 1. The van der Waals surface area contributed by atoms with Crippen LogP contribution in [0.2, 0.25) is 0 Å². The van der Waals surface area contributed by atoms with Crippen molar-refractivity contribution >= 4 is 23.7 Å². The second kappa shape index (κ2) is 7.47. The molecule has 4 unspecified atom stereocenters. The highest BCUT2D eigenvalue weighted by Gasteiger charge is 2.58. The average molecular weight is 361 g/mol. The number of hydrogen-bond donors (Lipinski definition) is 2. The summed E-state index contributed by atoms with van der Waals surface area (Å²) in [5.41, 5.74) is 0. The molecule has 26 heavy (non-hydrogen) atoms. The Morgan fingerprint density at radius 2 is 1.73 bits per heavy atom. The van der Waals surface area contributed by atoms with E-state index in [0.717, 1.165) is 6.42 Å². The fraction of sp³-hybridized carbons (Fsp3) is 0.667. The summed E-state index contributed by atoms with van der Waals surface area (Å²) in [5.74, 6) is 0.718. The SMILES string of the molecule is CN=C(NCCC(=O)N(C)C)NCCN1C(=O)C2C3C=CC(C3)C2C1=O. The Bertz CT molecular complexity index is 627. The number of imide groups is 1. The first-order valence-corrected chi connectivity index (χ1v) is 9.12. The molecular formula is C18H27N5O3. The Labute approximate surface area is 153 Å². The van der Waals surface area contributed by atoms with Crippen molar-refractivity contribution in [3.63, 3.8) is 0 Å². The maximum Gasteiger partial charge on any atom is 0.233 e. The van der Waals surface area contributed by atoms with Crippen molar-refractivity contribution in [3.8, 4) is 0 Å². The fourth-order valence-electron chi connectivity index (χ4n) is 4.20. The van der Waals surface area contributed by atoms with Crippen molar-refractivity contribution in [2.75, 3.05) is 40.8 Å². The molecule has 0 aromatic carbocycles. The molecule has 8 nitrogen and oxygen atoms in total. The summed E-state index contributed by atoms with van der Waals surface area (Å²) in [5, 5.41) is 6.16. The Kier molecular flexibility index (Phi) is 5.29. The lowest BCUT2D eigenvalue weighted by Crippen LogP contribution is -2.44. The Balaban J connectivity index is 1.44. The maximum atomic E-state index is 12.6. The Morgan fingerprint density at radius 3 is 2.27 bits per heavy atom. The van der Waals surface area contributed by atoms with Crippen LogP contribution in [0.1, 0.15) is 12.8 Å². The first kappa shape index (κ1) is 18.4. The number of hydrogen-bond acceptors (Lipinski definition) is 4. The van der Waals surface area contributed by atoms with E-state index in [2.05, 4.69) is 27.8 Å². The van der Waals surface area contributed by atoms with Crippen LogP contribution in [-0.4, -0.2) is 74.3 Å². The van der Waals surface area contributed by atoms with Crippen molar-refractivity contribution in [3.05, 3.63) is 12.2 Å². The highest BCUT2D eigenvalue weighted by molar-refractivity contribution is 6.06. The fourth-order valence-corrected chi connectivity index (χ4v) is 4.20. The molecule has 0 radical (unpaired) electrons. The minimum absolute atomic E-state index is 0.0295. The summed E-state index contributed by atoms with van der Waals surface area (Å²) in [6.45, 7) is 1.24. The number of carbonyl (C=O) groups excluding carboxylic acids is 3. The molecule has 0 aromatic rings. The number of allylic oxidation sites excluding steroid dienone is 2. The number of nitrogens with one attached hydrogen (secondary N) is 2. The van der Waals surface area contributed by atoms with Gasteiger partial charge in [0, 0.05) is 47.2 Å². The molecule has 3 amide bonds. The van der Waals surface area contributed by atoms with Crippen LogP contribution in [0.3, 0.4) is 0 Å². The molecule has 1 heterocycles. The van der Waals surface area contributed by atoms with Gasteiger partial charge in [0.2, 0.25) is 17.7 Å². The molecule has 2 bridgehead atoms. The lowest BCUT2D eigenvalue weighted by atomic mass is 9.85. The quantitative estimate of drug-likeness (QED) is 0.286. The van der Waals surface area contributed by atoms with Gasteiger partial charge in [-0.1, -0.05) is 12.2 Å². The molecule has 1 saturated carbocycles. The van der Waals surface area contributed by atoms with E-state index in [0.29, 0.717) is 32.0 Å². The first-order valence-electron chi connectivity index (χ1n) is 9.12. The van der Waals surface area contributed by atoms with E-state index in [1.54, 1.807) is 26.0 Å². The lowest BCUT2D eigenvalue weighted by Gasteiger charge is -2.18. The smallest absolute Gasteiger partial charge is 0.233 e. The van der Waals surface area contributed by atoms with E-state index in [1.807, 2.05) is 0 Å². The molecule has 8 heteroatoms. The van der Waals surface area contributed by atoms with E-state index in [9.17, 15) is 14.4 Å². The van der Waals surface area contributed by atoms with Gasteiger partial charge < -0.3 is 15.5 Å². The van der Waals surface area contributed by atoms with Crippen LogP contribution in [0.4, 0.5) is 0 Å². The first-order chi connectivity index (χ1) is 12.4. The van der Waals surface area contributed by atoms with Crippen molar-refractivity contribution in [2.24, 2.45) is 28.7 Å². The number of aliphatic imine (C=N–C) groups is 1. The molecule has 0 aromatic heterocycles. The van der Waals surface area contributed by atoms with Gasteiger partial charge in [0.25, 0.3) is 0 Å². The van der Waals surface area contributed by atoms with Crippen molar-refractivity contribution in [1.29, 1.82) is 0 Å². The summed E-state index contributed by atoms with van der Waals surface area (Å²) in [6.07, 6.45) is 5.51. The molecule has 2 fully saturated rings. The van der Waals surface area contributed by atoms with E-state index in [4.69, 9.17) is 0 Å². The summed E-state index contributed by atoms with van der Waals surface area (Å²) >= 11 is 0. The number of nitrogens with zero attached hydrogens (tertiary/aromatic N) is 3. The number of carbonyl (C=O) groups is 3. The van der Waals surface area contributed by atoms with Crippen LogP contribution in [0.5, 0.6) is 0 Å². The monoisotopic (exact) mass is 361 g/mol. The standard InChI is InChI=1S/C18H27N5O3/c1-19-18(20-7-6-13(24)22(2)3)21-8-9-23-16(25)14-11-4-5-12(10-11)15(14)17(23)26/h4-5,11-12,14-15H,6-10H2,1-3H3,(H2,19,20,21). The second-order valence-corrected chi connectivity index (χ2v) is 7.29. The summed E-state index contributed by atoms with van der Waals surface area (Å²) in [4.78, 5) is 43.8. The summed E-state index contributed by atoms with van der Waals surface area (Å²) in [6, 6.07) is 0.